The van der Waals surface area contributed by atoms with E-state index < -0.39 is 0 Å². The number of rotatable bonds is 1. The summed E-state index contributed by atoms with van der Waals surface area (Å²) in [4.78, 5) is 0. The monoisotopic (exact) mass is 97.1 g/mol. The maximum Gasteiger partial charge on any atom is 0.145 e. The SMILES string of the molecule is C/C=C/C(C)=C/[O]. The van der Waals surface area contributed by atoms with Crippen LogP contribution < -0.4 is 0 Å². The molecule has 0 aliphatic heterocycles. The first-order chi connectivity index (χ1) is 3.31. The topological polar surface area (TPSA) is 19.9 Å². The van der Waals surface area contributed by atoms with Gasteiger partial charge in [0.25, 0.3) is 0 Å². The normalized spacial score (nSPS) is 13.1. The Morgan fingerprint density at radius 3 is 2.29 bits per heavy atom. The van der Waals surface area contributed by atoms with Crippen molar-refractivity contribution in [3.63, 3.8) is 0 Å². The molecule has 39 valence electrons. The fraction of sp³-hybridized carbons (Fsp3) is 0.333. The molecule has 0 saturated heterocycles. The zero-order valence-electron chi connectivity index (χ0n) is 4.64. The highest BCUT2D eigenvalue weighted by molar-refractivity contribution is 5.11. The van der Waals surface area contributed by atoms with Gasteiger partial charge >= 0.3 is 0 Å². The maximum atomic E-state index is 9.81. The molecule has 0 heterocycles. The molecule has 0 aliphatic rings. The molecule has 0 aromatic heterocycles. The zero-order chi connectivity index (χ0) is 5.70. The van der Waals surface area contributed by atoms with Crippen LogP contribution >= 0.6 is 0 Å². The first-order valence-corrected chi connectivity index (χ1v) is 2.22. The van der Waals surface area contributed by atoms with E-state index in [4.69, 9.17) is 0 Å². The Hall–Kier alpha value is -0.720. The van der Waals surface area contributed by atoms with Crippen molar-refractivity contribution in [2.45, 2.75) is 13.8 Å². The van der Waals surface area contributed by atoms with Gasteiger partial charge < -0.3 is 0 Å². The molecular formula is C6H9O. The molecule has 0 bridgehead atoms. The minimum Gasteiger partial charge on any atom is -0.298 e. The lowest BCUT2D eigenvalue weighted by Gasteiger charge is -1.78. The molecule has 0 unspecified atom stereocenters. The second-order valence-corrected chi connectivity index (χ2v) is 1.36. The van der Waals surface area contributed by atoms with Crippen molar-refractivity contribution in [2.24, 2.45) is 0 Å². The van der Waals surface area contributed by atoms with Gasteiger partial charge in [-0.1, -0.05) is 12.2 Å². The van der Waals surface area contributed by atoms with Crippen molar-refractivity contribution in [1.82, 2.24) is 0 Å². The van der Waals surface area contributed by atoms with Gasteiger partial charge in [-0.15, -0.1) is 0 Å². The molecule has 0 rings (SSSR count). The number of hydrogen-bond acceptors (Lipinski definition) is 0. The molecule has 0 aromatic carbocycles. The Morgan fingerprint density at radius 2 is 2.14 bits per heavy atom. The van der Waals surface area contributed by atoms with Crippen molar-refractivity contribution in [3.8, 4) is 0 Å². The standard InChI is InChI=1S/C6H9O/c1-3-4-6(2)5-7/h3-5H,1-2H3/b4-3+,6-5+. The van der Waals surface area contributed by atoms with Gasteiger partial charge in [0.2, 0.25) is 0 Å². The summed E-state index contributed by atoms with van der Waals surface area (Å²) >= 11 is 0. The number of hydrogen-bond donors (Lipinski definition) is 0. The Morgan fingerprint density at radius 1 is 1.57 bits per heavy atom. The first kappa shape index (κ1) is 6.28. The predicted molar refractivity (Wildman–Crippen MR) is 29.3 cm³/mol. The van der Waals surface area contributed by atoms with E-state index in [1.165, 1.54) is 0 Å². The van der Waals surface area contributed by atoms with Gasteiger partial charge in [-0.2, -0.15) is 0 Å². The van der Waals surface area contributed by atoms with Gasteiger partial charge in [-0.25, -0.2) is 0 Å². The van der Waals surface area contributed by atoms with Gasteiger partial charge in [0.1, 0.15) is 6.26 Å². The highest BCUT2D eigenvalue weighted by Gasteiger charge is 1.73. The summed E-state index contributed by atoms with van der Waals surface area (Å²) in [5, 5.41) is 9.81. The van der Waals surface area contributed by atoms with Crippen LogP contribution in [0.3, 0.4) is 0 Å². The molecule has 0 amide bonds. The molecule has 1 heteroatoms. The summed E-state index contributed by atoms with van der Waals surface area (Å²) in [6.45, 7) is 3.65. The fourth-order valence-electron chi connectivity index (χ4n) is 0.302. The summed E-state index contributed by atoms with van der Waals surface area (Å²) in [7, 11) is 0. The van der Waals surface area contributed by atoms with E-state index in [0.29, 0.717) is 0 Å². The molecule has 0 saturated carbocycles. The molecule has 1 nitrogen and oxygen atoms in total. The summed E-state index contributed by atoms with van der Waals surface area (Å²) < 4.78 is 0. The molecule has 0 aromatic rings. The van der Waals surface area contributed by atoms with E-state index >= 15 is 0 Å². The van der Waals surface area contributed by atoms with E-state index in [9.17, 15) is 5.11 Å². The van der Waals surface area contributed by atoms with Crippen molar-refractivity contribution in [3.05, 3.63) is 24.0 Å². The third-order valence-electron chi connectivity index (χ3n) is 0.615. The van der Waals surface area contributed by atoms with Crippen LogP contribution in [0.15, 0.2) is 24.0 Å². The second kappa shape index (κ2) is 3.47. The smallest absolute Gasteiger partial charge is 0.145 e. The Balaban J connectivity index is 3.58. The molecule has 0 atom stereocenters. The van der Waals surface area contributed by atoms with Crippen molar-refractivity contribution < 1.29 is 5.11 Å². The van der Waals surface area contributed by atoms with Gasteiger partial charge in [0, 0.05) is 0 Å². The highest BCUT2D eigenvalue weighted by atomic mass is 16.2. The van der Waals surface area contributed by atoms with Gasteiger partial charge in [-0.05, 0) is 19.4 Å². The summed E-state index contributed by atoms with van der Waals surface area (Å²) in [5.74, 6) is 0. The van der Waals surface area contributed by atoms with Gasteiger partial charge in [0.05, 0.1) is 0 Å². The molecular weight excluding hydrogens is 88.1 g/mol. The van der Waals surface area contributed by atoms with Gasteiger partial charge in [0.15, 0.2) is 0 Å². The maximum absolute atomic E-state index is 9.81. The van der Waals surface area contributed by atoms with Crippen LogP contribution in [0.5, 0.6) is 0 Å². The fourth-order valence-corrected chi connectivity index (χ4v) is 0.302. The van der Waals surface area contributed by atoms with Crippen molar-refractivity contribution >= 4 is 0 Å². The third-order valence-corrected chi connectivity index (χ3v) is 0.615. The van der Waals surface area contributed by atoms with Crippen LogP contribution in [0, 0.1) is 0 Å². The second-order valence-electron chi connectivity index (χ2n) is 1.36. The van der Waals surface area contributed by atoms with Gasteiger partial charge in [-0.3, -0.25) is 5.11 Å². The zero-order valence-corrected chi connectivity index (χ0v) is 4.64. The molecule has 1 radical (unpaired) electrons. The van der Waals surface area contributed by atoms with E-state index in [1.54, 1.807) is 13.0 Å². The highest BCUT2D eigenvalue weighted by Crippen LogP contribution is 1.90. The minimum absolute atomic E-state index is 0.766. The Labute approximate surface area is 44.0 Å². The number of allylic oxidation sites excluding steroid dienone is 3. The lowest BCUT2D eigenvalue weighted by Crippen LogP contribution is -1.61. The average Bonchev–Trinajstić information content (AvgIpc) is 1.68. The average molecular weight is 97.1 g/mol. The lowest BCUT2D eigenvalue weighted by molar-refractivity contribution is 0.348. The van der Waals surface area contributed by atoms with E-state index in [0.717, 1.165) is 11.8 Å². The molecule has 0 aliphatic carbocycles. The lowest BCUT2D eigenvalue weighted by atomic mass is 10.3. The molecule has 0 spiro atoms. The van der Waals surface area contributed by atoms with Crippen molar-refractivity contribution in [1.29, 1.82) is 0 Å². The Bertz CT molecular complexity index is 90.4. The largest absolute Gasteiger partial charge is 0.298 e. The quantitative estimate of drug-likeness (QED) is 0.352. The summed E-state index contributed by atoms with van der Waals surface area (Å²) in [6.07, 6.45) is 4.44. The van der Waals surface area contributed by atoms with E-state index in [1.807, 2.05) is 13.0 Å². The van der Waals surface area contributed by atoms with Crippen LogP contribution in [-0.4, -0.2) is 0 Å². The minimum atomic E-state index is 0.766. The molecule has 0 fully saturated rings. The molecule has 0 N–H and O–H groups in total. The first-order valence-electron chi connectivity index (χ1n) is 2.22. The van der Waals surface area contributed by atoms with Crippen LogP contribution in [0.2, 0.25) is 0 Å². The summed E-state index contributed by atoms with van der Waals surface area (Å²) in [5.41, 5.74) is 0.766. The van der Waals surface area contributed by atoms with Crippen LogP contribution in [0.1, 0.15) is 13.8 Å². The van der Waals surface area contributed by atoms with Crippen LogP contribution in [0.4, 0.5) is 0 Å². The predicted octanol–water partition coefficient (Wildman–Crippen LogP) is 1.90. The van der Waals surface area contributed by atoms with E-state index in [-0.39, 0.29) is 0 Å². The summed E-state index contributed by atoms with van der Waals surface area (Å²) in [6, 6.07) is 0. The van der Waals surface area contributed by atoms with Crippen molar-refractivity contribution in [2.75, 3.05) is 0 Å². The third kappa shape index (κ3) is 3.10. The van der Waals surface area contributed by atoms with Crippen LogP contribution in [0.25, 0.3) is 0 Å². The van der Waals surface area contributed by atoms with E-state index in [2.05, 4.69) is 0 Å². The van der Waals surface area contributed by atoms with Crippen LogP contribution in [-0.2, 0) is 5.11 Å². The Kier molecular flexibility index (Phi) is 3.11. The molecule has 7 heavy (non-hydrogen) atoms.